The van der Waals surface area contributed by atoms with Crippen LogP contribution in [0, 0.1) is 6.92 Å². The maximum atomic E-state index is 13.3. The van der Waals surface area contributed by atoms with Crippen LogP contribution < -0.4 is 10.6 Å². The number of amides is 1. The van der Waals surface area contributed by atoms with Crippen LogP contribution in [0.2, 0.25) is 0 Å². The van der Waals surface area contributed by atoms with E-state index in [0.717, 1.165) is 5.56 Å². The molecule has 0 saturated carbocycles. The van der Waals surface area contributed by atoms with Gasteiger partial charge in [0.15, 0.2) is 5.78 Å². The lowest BCUT2D eigenvalue weighted by molar-refractivity contribution is -0.0328. The van der Waals surface area contributed by atoms with Gasteiger partial charge in [0.05, 0.1) is 17.8 Å². The number of hydrogen-bond donors (Lipinski definition) is 1. The van der Waals surface area contributed by atoms with Crippen molar-refractivity contribution in [1.29, 1.82) is 0 Å². The van der Waals surface area contributed by atoms with E-state index in [1.165, 1.54) is 35.4 Å². The van der Waals surface area contributed by atoms with Gasteiger partial charge in [-0.25, -0.2) is 4.98 Å². The van der Waals surface area contributed by atoms with Crippen LogP contribution in [-0.2, 0) is 6.42 Å². The summed E-state index contributed by atoms with van der Waals surface area (Å²) in [5.74, 6) is -0.546. The Morgan fingerprint density at radius 1 is 1.24 bits per heavy atom. The summed E-state index contributed by atoms with van der Waals surface area (Å²) in [4.78, 5) is 31.7. The number of nitrogens with zero attached hydrogens (tertiary/aromatic N) is 4. The minimum Gasteiger partial charge on any atom is -0.383 e. The van der Waals surface area contributed by atoms with Gasteiger partial charge in [-0.05, 0) is 61.5 Å². The molecule has 1 aromatic carbocycles. The van der Waals surface area contributed by atoms with Gasteiger partial charge in [0.25, 0.3) is 5.91 Å². The van der Waals surface area contributed by atoms with Crippen LogP contribution in [0.3, 0.4) is 0 Å². The predicted molar refractivity (Wildman–Crippen MR) is 118 cm³/mol. The average Bonchev–Trinajstić information content (AvgIpc) is 3.16. The quantitative estimate of drug-likeness (QED) is 0.434. The van der Waals surface area contributed by atoms with E-state index in [4.69, 9.17) is 5.73 Å². The van der Waals surface area contributed by atoms with Crippen LogP contribution in [0.25, 0.3) is 0 Å². The number of ketones is 1. The van der Waals surface area contributed by atoms with Gasteiger partial charge in [0, 0.05) is 35.3 Å². The van der Waals surface area contributed by atoms with E-state index in [2.05, 4.69) is 10.1 Å². The SMILES string of the molecule is Cc1cnc(N)c(C(=O)Cc2cnn3c2C(=O)N(c2ccc(SC(F)(F)F)cc2)C[C@@H]3C)c1. The fraction of sp³-hybridized carbons (Fsp3) is 0.273. The second-order valence-corrected chi connectivity index (χ2v) is 8.95. The van der Waals surface area contributed by atoms with Crippen molar-refractivity contribution in [2.24, 2.45) is 0 Å². The molecule has 3 aromatic rings. The molecule has 1 aliphatic heterocycles. The Bertz CT molecular complexity index is 1220. The molecule has 172 valence electrons. The first-order chi connectivity index (χ1) is 15.5. The van der Waals surface area contributed by atoms with Gasteiger partial charge in [0.1, 0.15) is 11.5 Å². The maximum Gasteiger partial charge on any atom is 0.446 e. The highest BCUT2D eigenvalue weighted by Gasteiger charge is 2.34. The van der Waals surface area contributed by atoms with Gasteiger partial charge >= 0.3 is 5.51 Å². The molecular formula is C22H20F3N5O2S. The van der Waals surface area contributed by atoms with Gasteiger partial charge in [-0.1, -0.05) is 0 Å². The molecule has 0 fully saturated rings. The summed E-state index contributed by atoms with van der Waals surface area (Å²) in [5, 5.41) is 4.30. The van der Waals surface area contributed by atoms with Crippen molar-refractivity contribution in [3.8, 4) is 0 Å². The number of rotatable bonds is 5. The first-order valence-corrected chi connectivity index (χ1v) is 10.8. The molecule has 4 rings (SSSR count). The van der Waals surface area contributed by atoms with E-state index in [-0.39, 0.29) is 57.9 Å². The molecule has 0 aliphatic carbocycles. The largest absolute Gasteiger partial charge is 0.446 e. The predicted octanol–water partition coefficient (Wildman–Crippen LogP) is 4.43. The molecular weight excluding hydrogens is 455 g/mol. The van der Waals surface area contributed by atoms with Crippen LogP contribution in [0.4, 0.5) is 24.7 Å². The number of halogens is 3. The van der Waals surface area contributed by atoms with Gasteiger partial charge in [0.2, 0.25) is 0 Å². The molecule has 0 radical (unpaired) electrons. The molecule has 11 heteroatoms. The smallest absolute Gasteiger partial charge is 0.383 e. The molecule has 33 heavy (non-hydrogen) atoms. The zero-order chi connectivity index (χ0) is 23.9. The minimum atomic E-state index is -4.39. The van der Waals surface area contributed by atoms with E-state index < -0.39 is 5.51 Å². The van der Waals surface area contributed by atoms with Crippen LogP contribution >= 0.6 is 11.8 Å². The van der Waals surface area contributed by atoms with Crippen molar-refractivity contribution in [3.63, 3.8) is 0 Å². The van der Waals surface area contributed by atoms with Gasteiger partial charge in [-0.15, -0.1) is 0 Å². The average molecular weight is 475 g/mol. The fourth-order valence-electron chi connectivity index (χ4n) is 3.77. The second-order valence-electron chi connectivity index (χ2n) is 7.81. The number of nitrogen functional groups attached to an aromatic ring is 1. The molecule has 0 unspecified atom stereocenters. The van der Waals surface area contributed by atoms with E-state index in [0.29, 0.717) is 17.8 Å². The third-order valence-electron chi connectivity index (χ3n) is 5.27. The molecule has 3 heterocycles. The highest BCUT2D eigenvalue weighted by atomic mass is 32.2. The number of thioether (sulfide) groups is 1. The zero-order valence-corrected chi connectivity index (χ0v) is 18.6. The number of aromatic nitrogens is 3. The van der Waals surface area contributed by atoms with Gasteiger partial charge in [-0.2, -0.15) is 18.3 Å². The summed E-state index contributed by atoms with van der Waals surface area (Å²) >= 11 is -0.214. The van der Waals surface area contributed by atoms with E-state index in [9.17, 15) is 22.8 Å². The molecule has 0 spiro atoms. The summed E-state index contributed by atoms with van der Waals surface area (Å²) in [6.45, 7) is 3.96. The molecule has 2 aromatic heterocycles. The number of pyridine rings is 1. The van der Waals surface area contributed by atoms with Crippen LogP contribution in [0.15, 0.2) is 47.6 Å². The van der Waals surface area contributed by atoms with Crippen molar-refractivity contribution >= 4 is 35.0 Å². The third kappa shape index (κ3) is 4.72. The molecule has 1 amide bonds. The first-order valence-electron chi connectivity index (χ1n) is 10.0. The number of nitrogens with two attached hydrogens (primary N) is 1. The van der Waals surface area contributed by atoms with Crippen LogP contribution in [-0.4, -0.2) is 38.5 Å². The Morgan fingerprint density at radius 3 is 2.61 bits per heavy atom. The number of fused-ring (bicyclic) bond motifs is 1. The Hall–Kier alpha value is -3.34. The maximum absolute atomic E-state index is 13.3. The van der Waals surface area contributed by atoms with Crippen molar-refractivity contribution in [1.82, 2.24) is 14.8 Å². The number of carbonyl (C=O) groups excluding carboxylic acids is 2. The van der Waals surface area contributed by atoms with Crippen LogP contribution in [0.1, 0.15) is 44.9 Å². The number of benzene rings is 1. The third-order valence-corrected chi connectivity index (χ3v) is 6.01. The first kappa shape index (κ1) is 22.8. The molecule has 1 atom stereocenters. The lowest BCUT2D eigenvalue weighted by Gasteiger charge is -2.32. The van der Waals surface area contributed by atoms with Crippen molar-refractivity contribution in [2.75, 3.05) is 17.2 Å². The van der Waals surface area contributed by atoms with E-state index >= 15 is 0 Å². The number of aryl methyl sites for hydroxylation is 1. The Kier molecular flexibility index (Phi) is 5.91. The molecule has 0 bridgehead atoms. The van der Waals surface area contributed by atoms with Gasteiger partial charge < -0.3 is 10.6 Å². The summed E-state index contributed by atoms with van der Waals surface area (Å²) in [7, 11) is 0. The Morgan fingerprint density at radius 2 is 1.94 bits per heavy atom. The summed E-state index contributed by atoms with van der Waals surface area (Å²) in [6.07, 6.45) is 2.97. The topological polar surface area (TPSA) is 94.1 Å². The van der Waals surface area contributed by atoms with Gasteiger partial charge in [-0.3, -0.25) is 14.3 Å². The van der Waals surface area contributed by atoms with E-state index in [1.807, 2.05) is 6.92 Å². The van der Waals surface area contributed by atoms with Crippen molar-refractivity contribution in [2.45, 2.75) is 36.7 Å². The molecule has 0 saturated heterocycles. The lowest BCUT2D eigenvalue weighted by Crippen LogP contribution is -2.43. The van der Waals surface area contributed by atoms with Crippen molar-refractivity contribution < 1.29 is 22.8 Å². The highest BCUT2D eigenvalue weighted by Crippen LogP contribution is 2.38. The summed E-state index contributed by atoms with van der Waals surface area (Å²) in [5.41, 5.74) is 3.72. The zero-order valence-electron chi connectivity index (χ0n) is 17.8. The lowest BCUT2D eigenvalue weighted by atomic mass is 10.0. The Balaban J connectivity index is 1.61. The molecule has 1 aliphatic rings. The Labute approximate surface area is 191 Å². The second kappa shape index (κ2) is 8.54. The fourth-order valence-corrected chi connectivity index (χ4v) is 4.31. The minimum absolute atomic E-state index is 0.0319. The highest BCUT2D eigenvalue weighted by molar-refractivity contribution is 8.00. The normalized spacial score (nSPS) is 16.1. The summed E-state index contributed by atoms with van der Waals surface area (Å²) in [6, 6.07) is 7.07. The number of alkyl halides is 3. The molecule has 2 N–H and O–H groups in total. The monoisotopic (exact) mass is 475 g/mol. The standard InChI is InChI=1S/C22H20F3N5O2S/c1-12-7-17(20(26)27-9-12)18(31)8-14-10-28-30-13(2)11-29(21(32)19(14)30)15-3-5-16(6-4-15)33-22(23,24)25/h3-7,9-10,13H,8,11H2,1-2H3,(H2,26,27)/t13-/m0/s1. The molecule has 7 nitrogen and oxygen atoms in total. The summed E-state index contributed by atoms with van der Waals surface area (Å²) < 4.78 is 39.4. The number of Topliss-reactive ketones (excluding diaryl/α,β-unsaturated/α-hetero) is 1. The number of anilines is 2. The number of hydrogen-bond acceptors (Lipinski definition) is 6. The van der Waals surface area contributed by atoms with E-state index in [1.54, 1.807) is 23.9 Å². The van der Waals surface area contributed by atoms with Crippen LogP contribution in [0.5, 0.6) is 0 Å². The number of carbonyl (C=O) groups is 2. The van der Waals surface area contributed by atoms with Crippen molar-refractivity contribution in [3.05, 3.63) is 65.1 Å².